The minimum absolute atomic E-state index is 0.362. The van der Waals surface area contributed by atoms with Crippen LogP contribution in [0.5, 0.6) is 5.75 Å². The molecule has 0 amide bonds. The fraction of sp³-hybridized carbons (Fsp3) is 0.0870. The van der Waals surface area contributed by atoms with Crippen molar-refractivity contribution >= 4 is 49.9 Å². The van der Waals surface area contributed by atoms with Crippen molar-refractivity contribution in [1.29, 1.82) is 5.26 Å². The van der Waals surface area contributed by atoms with Crippen molar-refractivity contribution in [3.8, 4) is 23.1 Å². The summed E-state index contributed by atoms with van der Waals surface area (Å²) in [5.41, 5.74) is 2.18. The van der Waals surface area contributed by atoms with E-state index in [0.29, 0.717) is 34.0 Å². The number of thiazole rings is 1. The van der Waals surface area contributed by atoms with Gasteiger partial charge in [-0.25, -0.2) is 9.78 Å². The van der Waals surface area contributed by atoms with Crippen LogP contribution in [-0.2, 0) is 0 Å². The smallest absolute Gasteiger partial charge is 0.345 e. The second-order valence-corrected chi connectivity index (χ2v) is 8.11. The highest BCUT2D eigenvalue weighted by molar-refractivity contribution is 9.10. The molecule has 0 spiro atoms. The molecule has 148 valence electrons. The number of nitrogens with zero attached hydrogens (tertiary/aromatic N) is 2. The second-order valence-electron chi connectivity index (χ2n) is 6.34. The Hall–Kier alpha value is -3.21. The molecule has 0 aliphatic heterocycles. The quantitative estimate of drug-likeness (QED) is 0.254. The highest BCUT2D eigenvalue weighted by Gasteiger charge is 2.14. The van der Waals surface area contributed by atoms with Crippen molar-refractivity contribution in [1.82, 2.24) is 4.98 Å². The van der Waals surface area contributed by atoms with Gasteiger partial charge >= 0.3 is 5.63 Å². The Morgan fingerprint density at radius 1 is 1.27 bits per heavy atom. The van der Waals surface area contributed by atoms with Crippen LogP contribution >= 0.6 is 27.3 Å². The summed E-state index contributed by atoms with van der Waals surface area (Å²) in [6.45, 7) is 2.52. The van der Waals surface area contributed by atoms with E-state index in [1.54, 1.807) is 23.6 Å². The van der Waals surface area contributed by atoms with Gasteiger partial charge in [-0.2, -0.15) is 5.26 Å². The van der Waals surface area contributed by atoms with Crippen LogP contribution in [0, 0.1) is 11.3 Å². The standard InChI is InChI=1S/C23H15BrN2O3S/c1-2-28-18-6-3-14(4-7-18)9-16(12-25)22-26-20(13-30-22)19-11-15-10-17(24)5-8-21(15)29-23(19)27/h3-11,13H,2H2,1H3/b16-9+. The monoisotopic (exact) mass is 478 g/mol. The molecule has 0 radical (unpaired) electrons. The lowest BCUT2D eigenvalue weighted by atomic mass is 10.1. The molecule has 2 aromatic carbocycles. The van der Waals surface area contributed by atoms with Crippen molar-refractivity contribution < 1.29 is 9.15 Å². The molecular formula is C23H15BrN2O3S. The van der Waals surface area contributed by atoms with Gasteiger partial charge in [-0.3, -0.25) is 0 Å². The number of fused-ring (bicyclic) bond motifs is 1. The minimum atomic E-state index is -0.462. The van der Waals surface area contributed by atoms with Gasteiger partial charge in [0, 0.05) is 15.2 Å². The minimum Gasteiger partial charge on any atom is -0.494 e. The molecule has 2 aromatic heterocycles. The Labute approximate surface area is 185 Å². The molecule has 7 heteroatoms. The topological polar surface area (TPSA) is 76.1 Å². The van der Waals surface area contributed by atoms with Crippen LogP contribution in [0.2, 0.25) is 0 Å². The van der Waals surface area contributed by atoms with Gasteiger partial charge < -0.3 is 9.15 Å². The zero-order chi connectivity index (χ0) is 21.1. The molecule has 5 nitrogen and oxygen atoms in total. The molecule has 4 aromatic rings. The van der Waals surface area contributed by atoms with E-state index in [-0.39, 0.29) is 0 Å². The number of hydrogen-bond acceptors (Lipinski definition) is 6. The predicted molar refractivity (Wildman–Crippen MR) is 122 cm³/mol. The Bertz CT molecular complexity index is 1350. The third-order valence-corrected chi connectivity index (χ3v) is 5.70. The molecule has 0 saturated heterocycles. The van der Waals surface area contributed by atoms with Gasteiger partial charge in [-0.05, 0) is 55.0 Å². The first-order valence-electron chi connectivity index (χ1n) is 9.11. The molecular weight excluding hydrogens is 464 g/mol. The highest BCUT2D eigenvalue weighted by Crippen LogP contribution is 2.28. The van der Waals surface area contributed by atoms with Crippen LogP contribution in [-0.4, -0.2) is 11.6 Å². The Kier molecular flexibility index (Phi) is 5.79. The maximum atomic E-state index is 12.4. The summed E-state index contributed by atoms with van der Waals surface area (Å²) in [6, 6.07) is 16.9. The number of halogens is 1. The zero-order valence-corrected chi connectivity index (χ0v) is 18.3. The first kappa shape index (κ1) is 20.1. The van der Waals surface area contributed by atoms with E-state index in [4.69, 9.17) is 9.15 Å². The van der Waals surface area contributed by atoms with E-state index in [2.05, 4.69) is 27.0 Å². The summed E-state index contributed by atoms with van der Waals surface area (Å²) < 4.78 is 11.8. The number of benzene rings is 2. The molecule has 0 atom stereocenters. The lowest BCUT2D eigenvalue weighted by Crippen LogP contribution is -2.02. The van der Waals surface area contributed by atoms with Crippen LogP contribution < -0.4 is 10.4 Å². The number of rotatable bonds is 5. The third kappa shape index (κ3) is 4.20. The van der Waals surface area contributed by atoms with Gasteiger partial charge in [0.25, 0.3) is 0 Å². The maximum absolute atomic E-state index is 12.4. The maximum Gasteiger partial charge on any atom is 0.345 e. The summed E-state index contributed by atoms with van der Waals surface area (Å²) >= 11 is 4.73. The summed E-state index contributed by atoms with van der Waals surface area (Å²) in [5.74, 6) is 0.777. The highest BCUT2D eigenvalue weighted by atomic mass is 79.9. The van der Waals surface area contributed by atoms with Gasteiger partial charge in [-0.15, -0.1) is 11.3 Å². The van der Waals surface area contributed by atoms with Gasteiger partial charge in [0.2, 0.25) is 0 Å². The van der Waals surface area contributed by atoms with Gasteiger partial charge in [0.15, 0.2) is 0 Å². The lowest BCUT2D eigenvalue weighted by Gasteiger charge is -2.02. The zero-order valence-electron chi connectivity index (χ0n) is 15.9. The molecule has 2 heterocycles. The predicted octanol–water partition coefficient (Wildman–Crippen LogP) is 6.14. The van der Waals surface area contributed by atoms with E-state index in [1.807, 2.05) is 43.3 Å². The van der Waals surface area contributed by atoms with Crippen LogP contribution in [0.4, 0.5) is 0 Å². The summed E-state index contributed by atoms with van der Waals surface area (Å²) in [5, 5.41) is 12.7. The summed E-state index contributed by atoms with van der Waals surface area (Å²) in [4.78, 5) is 17.0. The average Bonchev–Trinajstić information content (AvgIpc) is 3.23. The number of ether oxygens (including phenoxy) is 1. The molecule has 0 N–H and O–H groups in total. The molecule has 0 unspecified atom stereocenters. The van der Waals surface area contributed by atoms with E-state index in [0.717, 1.165) is 21.2 Å². The first-order chi connectivity index (χ1) is 14.6. The molecule has 0 fully saturated rings. The Morgan fingerprint density at radius 3 is 2.80 bits per heavy atom. The Morgan fingerprint density at radius 2 is 2.07 bits per heavy atom. The number of aromatic nitrogens is 1. The van der Waals surface area contributed by atoms with Crippen molar-refractivity contribution in [3.63, 3.8) is 0 Å². The van der Waals surface area contributed by atoms with Crippen molar-refractivity contribution in [2.24, 2.45) is 0 Å². The largest absolute Gasteiger partial charge is 0.494 e. The van der Waals surface area contributed by atoms with Crippen LogP contribution in [0.15, 0.2) is 67.6 Å². The number of nitriles is 1. The van der Waals surface area contributed by atoms with Crippen molar-refractivity contribution in [2.75, 3.05) is 6.61 Å². The summed E-state index contributed by atoms with van der Waals surface area (Å²) in [6.07, 6.45) is 1.76. The molecule has 0 aliphatic rings. The van der Waals surface area contributed by atoms with Crippen LogP contribution in [0.3, 0.4) is 0 Å². The molecule has 0 bridgehead atoms. The van der Waals surface area contributed by atoms with Gasteiger partial charge in [-0.1, -0.05) is 28.1 Å². The van der Waals surface area contributed by atoms with E-state index >= 15 is 0 Å². The van der Waals surface area contributed by atoms with E-state index in [1.165, 1.54) is 11.3 Å². The average molecular weight is 479 g/mol. The lowest BCUT2D eigenvalue weighted by molar-refractivity contribution is 0.340. The Balaban J connectivity index is 1.69. The second kappa shape index (κ2) is 8.66. The number of allylic oxidation sites excluding steroid dienone is 1. The summed E-state index contributed by atoms with van der Waals surface area (Å²) in [7, 11) is 0. The fourth-order valence-electron chi connectivity index (χ4n) is 2.93. The molecule has 0 aliphatic carbocycles. The van der Waals surface area contributed by atoms with Crippen LogP contribution in [0.1, 0.15) is 17.5 Å². The SMILES string of the molecule is CCOc1ccc(/C=C(\C#N)c2nc(-c3cc4cc(Br)ccc4oc3=O)cs2)cc1. The van der Waals surface area contributed by atoms with E-state index in [9.17, 15) is 10.1 Å². The van der Waals surface area contributed by atoms with Crippen molar-refractivity contribution in [2.45, 2.75) is 6.92 Å². The number of hydrogen-bond donors (Lipinski definition) is 0. The van der Waals surface area contributed by atoms with Crippen LogP contribution in [0.25, 0.3) is 33.9 Å². The van der Waals surface area contributed by atoms with E-state index < -0.39 is 5.63 Å². The normalized spacial score (nSPS) is 11.4. The third-order valence-electron chi connectivity index (χ3n) is 4.33. The van der Waals surface area contributed by atoms with Gasteiger partial charge in [0.1, 0.15) is 22.4 Å². The first-order valence-corrected chi connectivity index (χ1v) is 10.8. The fourth-order valence-corrected chi connectivity index (χ4v) is 4.09. The van der Waals surface area contributed by atoms with Crippen molar-refractivity contribution in [3.05, 3.63) is 79.4 Å². The van der Waals surface area contributed by atoms with Gasteiger partial charge in [0.05, 0.1) is 23.4 Å². The molecule has 30 heavy (non-hydrogen) atoms. The molecule has 0 saturated carbocycles. The molecule has 4 rings (SSSR count).